The van der Waals surface area contributed by atoms with Gasteiger partial charge in [-0.05, 0) is 30.7 Å². The van der Waals surface area contributed by atoms with E-state index in [1.54, 1.807) is 6.92 Å². The fraction of sp³-hybridized carbons (Fsp3) is 0.222. The van der Waals surface area contributed by atoms with Gasteiger partial charge in [-0.25, -0.2) is 22.1 Å². The molecule has 4 nitrogen and oxygen atoms in total. The van der Waals surface area contributed by atoms with Crippen LogP contribution in [-0.2, 0) is 10.0 Å². The predicted molar refractivity (Wildman–Crippen MR) is 58.9 cm³/mol. The second-order valence-corrected chi connectivity index (χ2v) is 5.31. The van der Waals surface area contributed by atoms with Crippen molar-refractivity contribution in [3.63, 3.8) is 0 Å². The van der Waals surface area contributed by atoms with Crippen LogP contribution in [0.2, 0.25) is 0 Å². The van der Waals surface area contributed by atoms with E-state index in [-0.39, 0.29) is 22.4 Å². The third-order valence-corrected chi connectivity index (χ3v) is 4.50. The number of para-hydroxylation sites is 1. The molecule has 1 aliphatic rings. The van der Waals surface area contributed by atoms with Crippen LogP contribution in [0.25, 0.3) is 0 Å². The zero-order valence-corrected chi connectivity index (χ0v) is 9.89. The van der Waals surface area contributed by atoms with Crippen LogP contribution in [0.5, 0.6) is 0 Å². The molecule has 1 heterocycles. The van der Waals surface area contributed by atoms with E-state index in [1.165, 1.54) is 12.1 Å². The molecule has 0 fully saturated rings. The van der Waals surface area contributed by atoms with Crippen LogP contribution in [0.15, 0.2) is 28.1 Å². The molecular formula is C9H8ClFN2O2S. The Balaban J connectivity index is 2.78. The summed E-state index contributed by atoms with van der Waals surface area (Å²) in [5.41, 5.74) is -0.225. The zero-order valence-electron chi connectivity index (χ0n) is 8.31. The van der Waals surface area contributed by atoms with Crippen LogP contribution < -0.4 is 0 Å². The third-order valence-electron chi connectivity index (χ3n) is 2.21. The highest BCUT2D eigenvalue weighted by Crippen LogP contribution is 2.34. The fourth-order valence-corrected chi connectivity index (χ4v) is 3.41. The Morgan fingerprint density at radius 2 is 2.19 bits per heavy atom. The van der Waals surface area contributed by atoms with Gasteiger partial charge in [-0.15, -0.1) is 0 Å². The summed E-state index contributed by atoms with van der Waals surface area (Å²) < 4.78 is 38.3. The minimum absolute atomic E-state index is 0.153. The molecule has 0 unspecified atom stereocenters. The van der Waals surface area contributed by atoms with Crippen molar-refractivity contribution in [3.8, 4) is 0 Å². The van der Waals surface area contributed by atoms with Crippen molar-refractivity contribution >= 4 is 32.6 Å². The molecule has 0 spiro atoms. The van der Waals surface area contributed by atoms with E-state index in [0.29, 0.717) is 0 Å². The van der Waals surface area contributed by atoms with Crippen LogP contribution in [0.4, 0.5) is 10.1 Å². The van der Waals surface area contributed by atoms with Crippen LogP contribution in [0.1, 0.15) is 6.92 Å². The van der Waals surface area contributed by atoms with Gasteiger partial charge < -0.3 is 0 Å². The first-order chi connectivity index (χ1) is 7.48. The van der Waals surface area contributed by atoms with Crippen LogP contribution in [-0.4, -0.2) is 24.6 Å². The van der Waals surface area contributed by atoms with Crippen molar-refractivity contribution in [2.24, 2.45) is 4.99 Å². The van der Waals surface area contributed by atoms with E-state index in [2.05, 4.69) is 4.99 Å². The van der Waals surface area contributed by atoms with Gasteiger partial charge in [0.1, 0.15) is 16.4 Å². The Bertz CT molecular complexity index is 571. The van der Waals surface area contributed by atoms with Gasteiger partial charge in [0, 0.05) is 6.54 Å². The summed E-state index contributed by atoms with van der Waals surface area (Å²) in [5.74, 6) is -0.699. The second kappa shape index (κ2) is 3.71. The highest BCUT2D eigenvalue weighted by Gasteiger charge is 2.33. The molecule has 0 saturated heterocycles. The molecule has 0 amide bonds. The molecule has 7 heteroatoms. The zero-order chi connectivity index (χ0) is 11.9. The highest BCUT2D eigenvalue weighted by atomic mass is 35.5. The molecule has 1 aliphatic heterocycles. The molecule has 0 aromatic heterocycles. The fourth-order valence-electron chi connectivity index (χ4n) is 1.48. The normalized spacial score (nSPS) is 17.9. The number of benzene rings is 1. The van der Waals surface area contributed by atoms with Crippen molar-refractivity contribution in [2.75, 3.05) is 6.54 Å². The summed E-state index contributed by atoms with van der Waals surface area (Å²) in [5, 5.41) is -0.236. The molecule has 0 radical (unpaired) electrons. The van der Waals surface area contributed by atoms with E-state index >= 15 is 0 Å². The summed E-state index contributed by atoms with van der Waals surface area (Å²) in [6, 6.07) is 3.78. The van der Waals surface area contributed by atoms with Gasteiger partial charge in [0.2, 0.25) is 5.29 Å². The molecule has 1 aromatic rings. The average Bonchev–Trinajstić information content (AvgIpc) is 2.20. The first-order valence-corrected chi connectivity index (χ1v) is 6.35. The molecule has 0 bridgehead atoms. The molecule has 0 saturated carbocycles. The van der Waals surface area contributed by atoms with E-state index in [1.807, 2.05) is 0 Å². The standard InChI is InChI=1S/C9H8ClFN2O2S/c1-2-13-9(10)12-8-6(11)4-3-5-7(8)16(13,14)15/h3-5H,2H2,1H3. The van der Waals surface area contributed by atoms with Gasteiger partial charge in [-0.2, -0.15) is 0 Å². The summed E-state index contributed by atoms with van der Waals surface area (Å²) in [6.45, 7) is 1.78. The first kappa shape index (κ1) is 11.3. The number of halogens is 2. The maximum atomic E-state index is 13.4. The Kier molecular flexibility index (Phi) is 2.63. The van der Waals surface area contributed by atoms with Crippen molar-refractivity contribution in [1.82, 2.24) is 4.31 Å². The molecule has 1 aromatic carbocycles. The molecule has 0 atom stereocenters. The number of aliphatic imine (C=N–C) groups is 1. The number of nitrogens with zero attached hydrogens (tertiary/aromatic N) is 2. The Morgan fingerprint density at radius 1 is 1.50 bits per heavy atom. The number of sulfonamides is 1. The topological polar surface area (TPSA) is 49.7 Å². The highest BCUT2D eigenvalue weighted by molar-refractivity contribution is 7.90. The lowest BCUT2D eigenvalue weighted by Gasteiger charge is -2.25. The SMILES string of the molecule is CCN1C(Cl)=Nc2c(F)cccc2S1(=O)=O. The van der Waals surface area contributed by atoms with E-state index in [9.17, 15) is 12.8 Å². The van der Waals surface area contributed by atoms with Gasteiger partial charge in [-0.3, -0.25) is 0 Å². The summed E-state index contributed by atoms with van der Waals surface area (Å²) >= 11 is 5.70. The lowest BCUT2D eigenvalue weighted by molar-refractivity contribution is 0.529. The Labute approximate surface area is 97.4 Å². The van der Waals surface area contributed by atoms with Gasteiger partial charge in [0.15, 0.2) is 0 Å². The third kappa shape index (κ3) is 1.49. The van der Waals surface area contributed by atoms with Crippen LogP contribution >= 0.6 is 11.6 Å². The molecule has 2 rings (SSSR count). The Morgan fingerprint density at radius 3 is 2.81 bits per heavy atom. The smallest absolute Gasteiger partial charge is 0.240 e. The van der Waals surface area contributed by atoms with E-state index < -0.39 is 15.8 Å². The lowest BCUT2D eigenvalue weighted by Crippen LogP contribution is -2.36. The number of hydrogen-bond acceptors (Lipinski definition) is 3. The summed E-state index contributed by atoms with van der Waals surface area (Å²) in [4.78, 5) is 3.59. The first-order valence-electron chi connectivity index (χ1n) is 4.54. The summed E-state index contributed by atoms with van der Waals surface area (Å²) in [7, 11) is -3.77. The van der Waals surface area contributed by atoms with Crippen LogP contribution in [0, 0.1) is 5.82 Å². The molecular weight excluding hydrogens is 255 g/mol. The molecule has 0 N–H and O–H groups in total. The lowest BCUT2D eigenvalue weighted by atomic mass is 10.3. The van der Waals surface area contributed by atoms with Gasteiger partial charge in [-0.1, -0.05) is 6.07 Å². The molecule has 0 aliphatic carbocycles. The van der Waals surface area contributed by atoms with Crippen molar-refractivity contribution < 1.29 is 12.8 Å². The molecule has 86 valence electrons. The van der Waals surface area contributed by atoms with Gasteiger partial charge in [0.25, 0.3) is 10.0 Å². The maximum Gasteiger partial charge on any atom is 0.268 e. The van der Waals surface area contributed by atoms with Crippen molar-refractivity contribution in [2.45, 2.75) is 11.8 Å². The van der Waals surface area contributed by atoms with Crippen LogP contribution in [0.3, 0.4) is 0 Å². The number of rotatable bonds is 1. The number of fused-ring (bicyclic) bond motifs is 1. The van der Waals surface area contributed by atoms with Crippen molar-refractivity contribution in [3.05, 3.63) is 24.0 Å². The van der Waals surface area contributed by atoms with E-state index in [0.717, 1.165) is 10.4 Å². The quantitative estimate of drug-likeness (QED) is 0.728. The maximum absolute atomic E-state index is 13.4. The second-order valence-electron chi connectivity index (χ2n) is 3.14. The summed E-state index contributed by atoms with van der Waals surface area (Å²) in [6.07, 6.45) is 0. The van der Waals surface area contributed by atoms with Gasteiger partial charge in [0.05, 0.1) is 0 Å². The minimum Gasteiger partial charge on any atom is -0.240 e. The van der Waals surface area contributed by atoms with Crippen molar-refractivity contribution in [1.29, 1.82) is 0 Å². The number of amidine groups is 1. The van der Waals surface area contributed by atoms with E-state index in [4.69, 9.17) is 11.6 Å². The Hall–Kier alpha value is -1.14. The minimum atomic E-state index is -3.77. The average molecular weight is 263 g/mol. The van der Waals surface area contributed by atoms with Gasteiger partial charge >= 0.3 is 0 Å². The molecule has 16 heavy (non-hydrogen) atoms. The number of hydrogen-bond donors (Lipinski definition) is 0. The largest absolute Gasteiger partial charge is 0.268 e. The predicted octanol–water partition coefficient (Wildman–Crippen LogP) is 2.08. The monoisotopic (exact) mass is 262 g/mol.